The number of nitro benzene ring substituents is 2. The summed E-state index contributed by atoms with van der Waals surface area (Å²) in [7, 11) is 0. The van der Waals surface area contributed by atoms with Gasteiger partial charge in [0.15, 0.2) is 12.2 Å². The number of carboxylic acid groups (broad SMARTS) is 2. The van der Waals surface area contributed by atoms with Crippen LogP contribution in [0.25, 0.3) is 0 Å². The Balaban J connectivity index is 0.000000300. The van der Waals surface area contributed by atoms with Crippen molar-refractivity contribution < 1.29 is 39.9 Å². The molecule has 0 saturated heterocycles. The minimum Gasteiger partial charge on any atom is -0.479 e. The molecule has 0 spiro atoms. The number of aliphatic hydroxyl groups excluding tert-OH is 2. The molecule has 0 aliphatic rings. The predicted molar refractivity (Wildman–Crippen MR) is 101 cm³/mol. The maximum atomic E-state index is 10.3. The highest BCUT2D eigenvalue weighted by Gasteiger charge is 2.15. The predicted octanol–water partition coefficient (Wildman–Crippen LogP) is 1.17. The van der Waals surface area contributed by atoms with Crippen molar-refractivity contribution in [2.45, 2.75) is 25.0 Å². The molecule has 0 bridgehead atoms. The van der Waals surface area contributed by atoms with Crippen LogP contribution in [0.2, 0.25) is 0 Å². The third-order valence-corrected chi connectivity index (χ3v) is 3.72. The molecule has 2 rings (SSSR count). The molecule has 160 valence electrons. The maximum Gasteiger partial charge on any atom is 0.332 e. The van der Waals surface area contributed by atoms with E-state index in [0.717, 1.165) is 0 Å². The van der Waals surface area contributed by atoms with Crippen LogP contribution in [-0.4, -0.2) is 54.4 Å². The lowest BCUT2D eigenvalue weighted by Gasteiger charge is -2.04. The first-order valence-corrected chi connectivity index (χ1v) is 8.29. The fourth-order valence-corrected chi connectivity index (χ4v) is 2.13. The average molecular weight is 422 g/mol. The Hall–Kier alpha value is -3.90. The average Bonchev–Trinajstić information content (AvgIpc) is 2.69. The summed E-state index contributed by atoms with van der Waals surface area (Å²) < 4.78 is 0. The van der Waals surface area contributed by atoms with E-state index in [9.17, 15) is 29.8 Å². The Morgan fingerprint density at radius 2 is 0.967 bits per heavy atom. The number of carbonyl (C=O) groups is 2. The van der Waals surface area contributed by atoms with Gasteiger partial charge in [-0.15, -0.1) is 0 Å². The molecule has 4 N–H and O–H groups in total. The lowest BCUT2D eigenvalue weighted by Crippen LogP contribution is -2.21. The first-order chi connectivity index (χ1) is 14.0. The smallest absolute Gasteiger partial charge is 0.332 e. The molecule has 0 saturated carbocycles. The van der Waals surface area contributed by atoms with E-state index in [0.29, 0.717) is 11.1 Å². The first kappa shape index (κ1) is 24.1. The van der Waals surface area contributed by atoms with Gasteiger partial charge in [0.25, 0.3) is 11.4 Å². The molecule has 2 aromatic rings. The van der Waals surface area contributed by atoms with Crippen LogP contribution < -0.4 is 0 Å². The zero-order valence-electron chi connectivity index (χ0n) is 15.3. The zero-order chi connectivity index (χ0) is 22.8. The minimum atomic E-state index is -1.48. The highest BCUT2D eigenvalue weighted by Crippen LogP contribution is 2.14. The highest BCUT2D eigenvalue weighted by molar-refractivity contribution is 5.72. The number of hydrogen-bond acceptors (Lipinski definition) is 8. The summed E-state index contributed by atoms with van der Waals surface area (Å²) >= 11 is 0. The monoisotopic (exact) mass is 422 g/mol. The van der Waals surface area contributed by atoms with Crippen molar-refractivity contribution in [2.75, 3.05) is 0 Å². The molecule has 0 aromatic heterocycles. The van der Waals surface area contributed by atoms with Crippen molar-refractivity contribution in [1.29, 1.82) is 0 Å². The van der Waals surface area contributed by atoms with Crippen LogP contribution in [0.1, 0.15) is 11.1 Å². The summed E-state index contributed by atoms with van der Waals surface area (Å²) in [6.07, 6.45) is -3.08. The zero-order valence-corrected chi connectivity index (χ0v) is 15.3. The molecule has 2 unspecified atom stereocenters. The molecule has 0 fully saturated rings. The fourth-order valence-electron chi connectivity index (χ4n) is 2.13. The van der Waals surface area contributed by atoms with Gasteiger partial charge in [0.1, 0.15) is 0 Å². The summed E-state index contributed by atoms with van der Waals surface area (Å²) in [5.74, 6) is -2.62. The molecule has 0 radical (unpaired) electrons. The molecule has 0 aliphatic heterocycles. The van der Waals surface area contributed by atoms with Gasteiger partial charge in [0.05, 0.1) is 9.85 Å². The van der Waals surface area contributed by atoms with E-state index in [-0.39, 0.29) is 24.2 Å². The van der Waals surface area contributed by atoms with E-state index in [2.05, 4.69) is 0 Å². The second-order valence-corrected chi connectivity index (χ2v) is 5.96. The number of aliphatic carboxylic acids is 2. The van der Waals surface area contributed by atoms with Gasteiger partial charge in [-0.1, -0.05) is 24.3 Å². The number of benzene rings is 2. The lowest BCUT2D eigenvalue weighted by molar-refractivity contribution is -0.385. The number of nitrogens with zero attached hydrogens (tertiary/aromatic N) is 2. The maximum absolute atomic E-state index is 10.3. The molecule has 2 aromatic carbocycles. The van der Waals surface area contributed by atoms with Gasteiger partial charge >= 0.3 is 11.9 Å². The summed E-state index contributed by atoms with van der Waals surface area (Å²) in [4.78, 5) is 40.2. The molecule has 0 aliphatic carbocycles. The highest BCUT2D eigenvalue weighted by atomic mass is 16.6. The van der Waals surface area contributed by atoms with E-state index in [1.54, 1.807) is 0 Å². The minimum absolute atomic E-state index is 0.0622. The van der Waals surface area contributed by atoms with Gasteiger partial charge in [0, 0.05) is 37.1 Å². The van der Waals surface area contributed by atoms with Crippen molar-refractivity contribution in [3.05, 3.63) is 79.9 Å². The molecule has 0 heterocycles. The second-order valence-electron chi connectivity index (χ2n) is 5.96. The molecule has 30 heavy (non-hydrogen) atoms. The van der Waals surface area contributed by atoms with E-state index >= 15 is 0 Å². The Morgan fingerprint density at radius 3 is 1.17 bits per heavy atom. The number of rotatable bonds is 8. The van der Waals surface area contributed by atoms with Crippen molar-refractivity contribution in [1.82, 2.24) is 0 Å². The number of non-ortho nitro benzene ring substituents is 2. The number of hydrogen-bond donors (Lipinski definition) is 4. The molecule has 12 nitrogen and oxygen atoms in total. The van der Waals surface area contributed by atoms with Crippen molar-refractivity contribution in [3.63, 3.8) is 0 Å². The Morgan fingerprint density at radius 1 is 0.700 bits per heavy atom. The van der Waals surface area contributed by atoms with E-state index < -0.39 is 34.0 Å². The van der Waals surface area contributed by atoms with Crippen LogP contribution in [-0.2, 0) is 22.4 Å². The van der Waals surface area contributed by atoms with E-state index in [1.165, 1.54) is 48.5 Å². The third kappa shape index (κ3) is 8.00. The fraction of sp³-hybridized carbons (Fsp3) is 0.222. The van der Waals surface area contributed by atoms with Gasteiger partial charge in [-0.25, -0.2) is 9.59 Å². The van der Waals surface area contributed by atoms with Gasteiger partial charge < -0.3 is 20.4 Å². The van der Waals surface area contributed by atoms with Gasteiger partial charge in [0.2, 0.25) is 0 Å². The van der Waals surface area contributed by atoms with Crippen LogP contribution in [0.4, 0.5) is 11.4 Å². The summed E-state index contributed by atoms with van der Waals surface area (Å²) in [5.41, 5.74) is 0.943. The number of carboxylic acids is 2. The molecule has 12 heteroatoms. The van der Waals surface area contributed by atoms with Gasteiger partial charge in [-0.2, -0.15) is 0 Å². The van der Waals surface area contributed by atoms with Gasteiger partial charge in [-0.3, -0.25) is 20.2 Å². The quantitative estimate of drug-likeness (QED) is 0.353. The molecule has 2 atom stereocenters. The Kier molecular flexibility index (Phi) is 9.00. The van der Waals surface area contributed by atoms with Crippen molar-refractivity contribution in [2.24, 2.45) is 0 Å². The van der Waals surface area contributed by atoms with Crippen molar-refractivity contribution in [3.8, 4) is 0 Å². The number of nitro groups is 2. The first-order valence-electron chi connectivity index (χ1n) is 8.29. The summed E-state index contributed by atoms with van der Waals surface area (Å²) in [6, 6.07) is 10.8. The summed E-state index contributed by atoms with van der Waals surface area (Å²) in [6.45, 7) is 0. The van der Waals surface area contributed by atoms with Crippen LogP contribution in [0.15, 0.2) is 48.5 Å². The number of aliphatic hydroxyl groups is 2. The second kappa shape index (κ2) is 11.2. The van der Waals surface area contributed by atoms with Crippen LogP contribution in [0, 0.1) is 20.2 Å². The largest absolute Gasteiger partial charge is 0.479 e. The molecule has 0 amide bonds. The van der Waals surface area contributed by atoms with Crippen molar-refractivity contribution >= 4 is 23.3 Å². The third-order valence-electron chi connectivity index (χ3n) is 3.72. The van der Waals surface area contributed by atoms with Gasteiger partial charge in [-0.05, 0) is 11.1 Å². The van der Waals surface area contributed by atoms with Crippen LogP contribution in [0.5, 0.6) is 0 Å². The normalized spacial score (nSPS) is 12.1. The standard InChI is InChI=1S/2C9H9NO5/c2*11-8(9(12)13)5-6-1-3-7(4-2-6)10(14)15/h2*1-4,8,11H,5H2,(H,12,13). The Labute approximate surface area is 168 Å². The molecular weight excluding hydrogens is 404 g/mol. The van der Waals surface area contributed by atoms with Crippen LogP contribution in [0.3, 0.4) is 0 Å². The van der Waals surface area contributed by atoms with E-state index in [1.807, 2.05) is 0 Å². The topological polar surface area (TPSA) is 201 Å². The van der Waals surface area contributed by atoms with Crippen LogP contribution >= 0.6 is 0 Å². The summed E-state index contributed by atoms with van der Waals surface area (Å²) in [5, 5.41) is 55.5. The molecular formula is C18H18N2O10. The SMILES string of the molecule is O=C(O)C(O)Cc1ccc([N+](=O)[O-])cc1.O=C(O)C(O)Cc1ccc([N+](=O)[O-])cc1. The lowest BCUT2D eigenvalue weighted by atomic mass is 10.1. The Bertz CT molecular complexity index is 821. The van der Waals surface area contributed by atoms with E-state index in [4.69, 9.17) is 20.4 Å².